The molecule has 2 aromatic carbocycles. The molecule has 0 aromatic heterocycles. The fourth-order valence-electron chi connectivity index (χ4n) is 4.14. The van der Waals surface area contributed by atoms with E-state index in [4.69, 9.17) is 0 Å². The summed E-state index contributed by atoms with van der Waals surface area (Å²) in [4.78, 5) is 38.5. The zero-order chi connectivity index (χ0) is 23.6. The second kappa shape index (κ2) is 9.28. The Balaban J connectivity index is 1.42. The summed E-state index contributed by atoms with van der Waals surface area (Å²) in [5.41, 5.74) is 0.748. The third-order valence-electron chi connectivity index (χ3n) is 5.95. The van der Waals surface area contributed by atoms with Crippen LogP contribution in [-0.2, 0) is 14.8 Å². The Labute approximate surface area is 191 Å². The van der Waals surface area contributed by atoms with Crippen molar-refractivity contribution >= 4 is 33.2 Å². The summed E-state index contributed by atoms with van der Waals surface area (Å²) in [6, 6.07) is 12.1. The molecule has 0 N–H and O–H groups in total. The minimum absolute atomic E-state index is 0.0421. The van der Waals surface area contributed by atoms with Gasteiger partial charge in [-0.25, -0.2) is 8.42 Å². The number of nitro benzene ring substituents is 1. The molecule has 2 aliphatic rings. The number of nitro groups is 1. The Hall–Kier alpha value is -3.31. The molecule has 0 spiro atoms. The summed E-state index contributed by atoms with van der Waals surface area (Å²) in [5.74, 6) is -0.148. The number of piperazine rings is 1. The Morgan fingerprint density at radius 2 is 1.58 bits per heavy atom. The van der Waals surface area contributed by atoms with Crippen molar-refractivity contribution in [2.45, 2.75) is 24.2 Å². The SMILES string of the molecule is O=C(c1ccc(N2CCCCC2=O)cc1)N1CCN(S(=O)(=O)c2ccccc2[N+](=O)[O-])CC1. The van der Waals surface area contributed by atoms with Gasteiger partial charge in [0, 0.05) is 56.5 Å². The van der Waals surface area contributed by atoms with Crippen molar-refractivity contribution in [3.05, 3.63) is 64.2 Å². The second-order valence-corrected chi connectivity index (χ2v) is 9.88. The van der Waals surface area contributed by atoms with Gasteiger partial charge in [0.2, 0.25) is 15.9 Å². The van der Waals surface area contributed by atoms with E-state index in [1.807, 2.05) is 0 Å². The normalized spacial score (nSPS) is 17.8. The second-order valence-electron chi connectivity index (χ2n) is 7.97. The quantitative estimate of drug-likeness (QED) is 0.486. The lowest BCUT2D eigenvalue weighted by Crippen LogP contribution is -2.50. The first-order valence-electron chi connectivity index (χ1n) is 10.7. The number of para-hydroxylation sites is 1. The van der Waals surface area contributed by atoms with E-state index in [1.165, 1.54) is 22.5 Å². The number of sulfonamides is 1. The zero-order valence-electron chi connectivity index (χ0n) is 17.9. The maximum Gasteiger partial charge on any atom is 0.289 e. The van der Waals surface area contributed by atoms with Crippen molar-refractivity contribution in [3.63, 3.8) is 0 Å². The van der Waals surface area contributed by atoms with E-state index in [-0.39, 0.29) is 42.9 Å². The first-order valence-corrected chi connectivity index (χ1v) is 12.2. The minimum atomic E-state index is -4.06. The van der Waals surface area contributed by atoms with Crippen molar-refractivity contribution in [2.75, 3.05) is 37.6 Å². The molecule has 2 heterocycles. The molecule has 0 saturated carbocycles. The van der Waals surface area contributed by atoms with Gasteiger partial charge in [-0.15, -0.1) is 0 Å². The van der Waals surface area contributed by atoms with Crippen molar-refractivity contribution in [3.8, 4) is 0 Å². The van der Waals surface area contributed by atoms with E-state index in [0.717, 1.165) is 24.6 Å². The number of nitrogens with zero attached hydrogens (tertiary/aromatic N) is 4. The van der Waals surface area contributed by atoms with Crippen molar-refractivity contribution < 1.29 is 22.9 Å². The molecule has 2 saturated heterocycles. The lowest BCUT2D eigenvalue weighted by atomic mass is 10.1. The van der Waals surface area contributed by atoms with Gasteiger partial charge in [0.1, 0.15) is 0 Å². The lowest BCUT2D eigenvalue weighted by molar-refractivity contribution is -0.387. The van der Waals surface area contributed by atoms with Crippen LogP contribution in [0.1, 0.15) is 29.6 Å². The number of benzene rings is 2. The van der Waals surface area contributed by atoms with E-state index in [1.54, 1.807) is 34.1 Å². The number of hydrogen-bond donors (Lipinski definition) is 0. The highest BCUT2D eigenvalue weighted by molar-refractivity contribution is 7.89. The molecule has 10 nitrogen and oxygen atoms in total. The summed E-state index contributed by atoms with van der Waals surface area (Å²) in [5, 5.41) is 11.2. The first kappa shape index (κ1) is 22.9. The highest BCUT2D eigenvalue weighted by Crippen LogP contribution is 2.27. The van der Waals surface area contributed by atoms with Crippen LogP contribution in [0, 0.1) is 10.1 Å². The lowest BCUT2D eigenvalue weighted by Gasteiger charge is -2.34. The number of hydrogen-bond acceptors (Lipinski definition) is 6. The molecule has 0 radical (unpaired) electrons. The molecule has 2 aliphatic heterocycles. The number of anilines is 1. The standard InChI is InChI=1S/C22H24N4O6S/c27-21-7-3-4-12-25(21)18-10-8-17(9-11-18)22(28)23-13-15-24(16-14-23)33(31,32)20-6-2-1-5-19(20)26(29)30/h1-2,5-6,8-11H,3-4,7,12-16H2. The maximum absolute atomic E-state index is 13.0. The van der Waals surface area contributed by atoms with Crippen molar-refractivity contribution in [2.24, 2.45) is 0 Å². The highest BCUT2D eigenvalue weighted by atomic mass is 32.2. The third kappa shape index (κ3) is 4.60. The van der Waals surface area contributed by atoms with E-state index in [0.29, 0.717) is 18.5 Å². The molecule has 4 rings (SSSR count). The zero-order valence-corrected chi connectivity index (χ0v) is 18.7. The van der Waals surface area contributed by atoms with E-state index < -0.39 is 20.6 Å². The molecule has 2 fully saturated rings. The third-order valence-corrected chi connectivity index (χ3v) is 7.90. The summed E-state index contributed by atoms with van der Waals surface area (Å²) < 4.78 is 27.1. The van der Waals surface area contributed by atoms with Gasteiger partial charge in [-0.05, 0) is 43.2 Å². The number of carbonyl (C=O) groups is 2. The fourth-order valence-corrected chi connectivity index (χ4v) is 5.72. The molecule has 33 heavy (non-hydrogen) atoms. The van der Waals surface area contributed by atoms with Gasteiger partial charge in [0.25, 0.3) is 11.6 Å². The molecule has 0 aliphatic carbocycles. The Morgan fingerprint density at radius 1 is 0.909 bits per heavy atom. The van der Waals surface area contributed by atoms with Crippen LogP contribution in [0.5, 0.6) is 0 Å². The van der Waals surface area contributed by atoms with Gasteiger partial charge in [-0.1, -0.05) is 12.1 Å². The van der Waals surface area contributed by atoms with Crippen molar-refractivity contribution in [1.82, 2.24) is 9.21 Å². The average molecular weight is 473 g/mol. The predicted molar refractivity (Wildman–Crippen MR) is 120 cm³/mol. The molecule has 2 aromatic rings. The van der Waals surface area contributed by atoms with Gasteiger partial charge in [0.05, 0.1) is 4.92 Å². The van der Waals surface area contributed by atoms with E-state index in [2.05, 4.69) is 0 Å². The van der Waals surface area contributed by atoms with Gasteiger partial charge in [-0.2, -0.15) is 4.31 Å². The summed E-state index contributed by atoms with van der Waals surface area (Å²) in [7, 11) is -4.06. The molecule has 2 amide bonds. The number of rotatable bonds is 5. The summed E-state index contributed by atoms with van der Waals surface area (Å²) in [6.45, 7) is 1.10. The smallest absolute Gasteiger partial charge is 0.289 e. The van der Waals surface area contributed by atoms with Crippen LogP contribution in [0.25, 0.3) is 0 Å². The van der Waals surface area contributed by atoms with Gasteiger partial charge >= 0.3 is 0 Å². The van der Waals surface area contributed by atoms with Crippen LogP contribution < -0.4 is 4.90 Å². The average Bonchev–Trinajstić information content (AvgIpc) is 2.84. The summed E-state index contributed by atoms with van der Waals surface area (Å²) in [6.07, 6.45) is 2.37. The van der Waals surface area contributed by atoms with Crippen LogP contribution in [0.4, 0.5) is 11.4 Å². The van der Waals surface area contributed by atoms with Crippen LogP contribution in [0.15, 0.2) is 53.4 Å². The largest absolute Gasteiger partial charge is 0.336 e. The Bertz CT molecular complexity index is 1170. The number of piperidine rings is 1. The van der Waals surface area contributed by atoms with E-state index >= 15 is 0 Å². The molecular weight excluding hydrogens is 448 g/mol. The molecular formula is C22H24N4O6S. The molecule has 174 valence electrons. The highest BCUT2D eigenvalue weighted by Gasteiger charge is 2.34. The monoisotopic (exact) mass is 472 g/mol. The Morgan fingerprint density at radius 3 is 2.21 bits per heavy atom. The van der Waals surface area contributed by atoms with Gasteiger partial charge < -0.3 is 9.80 Å². The molecule has 0 bridgehead atoms. The number of amides is 2. The van der Waals surface area contributed by atoms with Crippen LogP contribution in [-0.4, -0.2) is 67.1 Å². The van der Waals surface area contributed by atoms with Gasteiger partial charge in [-0.3, -0.25) is 19.7 Å². The minimum Gasteiger partial charge on any atom is -0.336 e. The summed E-state index contributed by atoms with van der Waals surface area (Å²) >= 11 is 0. The number of carbonyl (C=O) groups excluding carboxylic acids is 2. The molecule has 11 heteroatoms. The predicted octanol–water partition coefficient (Wildman–Crippen LogP) is 2.26. The molecule has 0 unspecified atom stereocenters. The first-order chi connectivity index (χ1) is 15.8. The maximum atomic E-state index is 13.0. The fraction of sp³-hybridized carbons (Fsp3) is 0.364. The van der Waals surface area contributed by atoms with Crippen LogP contribution in [0.2, 0.25) is 0 Å². The van der Waals surface area contributed by atoms with Gasteiger partial charge in [0.15, 0.2) is 4.90 Å². The van der Waals surface area contributed by atoms with E-state index in [9.17, 15) is 28.1 Å². The van der Waals surface area contributed by atoms with Crippen LogP contribution >= 0.6 is 0 Å². The topological polar surface area (TPSA) is 121 Å². The van der Waals surface area contributed by atoms with Crippen LogP contribution in [0.3, 0.4) is 0 Å². The van der Waals surface area contributed by atoms with Crippen molar-refractivity contribution in [1.29, 1.82) is 0 Å². The Kier molecular flexibility index (Phi) is 6.43. The molecule has 0 atom stereocenters.